The Balaban J connectivity index is 1.51. The number of nitrogens with zero attached hydrogens (tertiary/aromatic N) is 3. The molecule has 2 aliphatic heterocycles. The molecule has 0 N–H and O–H groups in total. The van der Waals surface area contributed by atoms with Gasteiger partial charge in [-0.15, -0.1) is 0 Å². The molecule has 0 radical (unpaired) electrons. The summed E-state index contributed by atoms with van der Waals surface area (Å²) in [6.07, 6.45) is -4.30. The summed E-state index contributed by atoms with van der Waals surface area (Å²) < 4.78 is 72.6. The van der Waals surface area contributed by atoms with Crippen LogP contribution in [0.25, 0.3) is 0 Å². The molecule has 2 aromatic carbocycles. The van der Waals surface area contributed by atoms with Crippen molar-refractivity contribution in [1.82, 2.24) is 14.7 Å². The maximum absolute atomic E-state index is 14.9. The van der Waals surface area contributed by atoms with Gasteiger partial charge in [-0.2, -0.15) is 13.2 Å². The number of likely N-dealkylation sites (tertiary alicyclic amines) is 1. The zero-order chi connectivity index (χ0) is 31.0. The second-order valence-corrected chi connectivity index (χ2v) is 12.3. The van der Waals surface area contributed by atoms with Gasteiger partial charge >= 0.3 is 12.1 Å². The van der Waals surface area contributed by atoms with Gasteiger partial charge in [0.25, 0.3) is 0 Å². The van der Waals surface area contributed by atoms with Gasteiger partial charge in [-0.1, -0.05) is 18.2 Å². The summed E-state index contributed by atoms with van der Waals surface area (Å²) in [5.74, 6) is -2.97. The van der Waals surface area contributed by atoms with Crippen LogP contribution in [-0.2, 0) is 26.9 Å². The van der Waals surface area contributed by atoms with E-state index in [9.17, 15) is 31.5 Å². The van der Waals surface area contributed by atoms with Crippen LogP contribution in [0.2, 0.25) is 0 Å². The van der Waals surface area contributed by atoms with Crippen molar-refractivity contribution >= 4 is 11.9 Å². The average molecular weight is 596 g/mol. The second kappa shape index (κ2) is 12.3. The number of methoxy groups -OCH3 is 1. The van der Waals surface area contributed by atoms with Crippen molar-refractivity contribution in [3.63, 3.8) is 0 Å². The molecule has 2 aliphatic rings. The summed E-state index contributed by atoms with van der Waals surface area (Å²) in [6.45, 7) is 9.85. The van der Waals surface area contributed by atoms with E-state index >= 15 is 0 Å². The number of ether oxygens (including phenoxy) is 1. The standard InChI is InChI=1S/C31H38F5N3O3/c1-19-16-37(27(29(41)42-5)14-20-6-8-21(9-7-20)31(34,35)36)12-13-39(19)28(40)25-18-38(30(2,3)4)17-24(25)23-11-10-22(32)15-26(23)33/h6-11,15,19,24-25,27H,12-14,16-18H2,1-5H3/t19?,24-,25+,27-/m0/s1. The third kappa shape index (κ3) is 6.94. The molecule has 0 aromatic heterocycles. The number of hydrogen-bond donors (Lipinski definition) is 0. The first-order valence-electron chi connectivity index (χ1n) is 14.1. The number of esters is 1. The van der Waals surface area contributed by atoms with Crippen molar-refractivity contribution in [1.29, 1.82) is 0 Å². The maximum Gasteiger partial charge on any atom is 0.416 e. The van der Waals surface area contributed by atoms with Gasteiger partial charge in [0.2, 0.25) is 5.91 Å². The smallest absolute Gasteiger partial charge is 0.416 e. The summed E-state index contributed by atoms with van der Waals surface area (Å²) in [5, 5.41) is 0. The van der Waals surface area contributed by atoms with Crippen molar-refractivity contribution in [3.05, 3.63) is 70.8 Å². The van der Waals surface area contributed by atoms with Gasteiger partial charge in [0, 0.05) is 56.3 Å². The minimum absolute atomic E-state index is 0.125. The summed E-state index contributed by atoms with van der Waals surface area (Å²) in [7, 11) is 1.26. The highest BCUT2D eigenvalue weighted by atomic mass is 19.4. The summed E-state index contributed by atoms with van der Waals surface area (Å²) >= 11 is 0. The molecule has 0 aliphatic carbocycles. The van der Waals surface area contributed by atoms with Crippen LogP contribution in [0.5, 0.6) is 0 Å². The molecule has 2 fully saturated rings. The molecule has 2 heterocycles. The van der Waals surface area contributed by atoms with Crippen molar-refractivity contribution < 1.29 is 36.3 Å². The van der Waals surface area contributed by atoms with Crippen LogP contribution >= 0.6 is 0 Å². The number of carbonyl (C=O) groups is 2. The molecular formula is C31H38F5N3O3. The number of alkyl halides is 3. The van der Waals surface area contributed by atoms with Gasteiger partial charge in [-0.05, 0) is 63.4 Å². The van der Waals surface area contributed by atoms with Gasteiger partial charge < -0.3 is 9.64 Å². The van der Waals surface area contributed by atoms with Crippen LogP contribution in [0.15, 0.2) is 42.5 Å². The van der Waals surface area contributed by atoms with Crippen LogP contribution in [0.1, 0.15) is 50.3 Å². The van der Waals surface area contributed by atoms with E-state index in [1.807, 2.05) is 32.6 Å². The van der Waals surface area contributed by atoms with Crippen LogP contribution in [-0.4, -0.2) is 84.0 Å². The summed E-state index contributed by atoms with van der Waals surface area (Å²) in [5.41, 5.74) is -0.158. The van der Waals surface area contributed by atoms with Crippen molar-refractivity contribution in [2.45, 2.75) is 63.8 Å². The molecular weight excluding hydrogens is 557 g/mol. The van der Waals surface area contributed by atoms with E-state index in [4.69, 9.17) is 4.74 Å². The molecule has 11 heteroatoms. The van der Waals surface area contributed by atoms with E-state index in [1.165, 1.54) is 31.4 Å². The zero-order valence-electron chi connectivity index (χ0n) is 24.5. The lowest BCUT2D eigenvalue weighted by Gasteiger charge is -2.43. The van der Waals surface area contributed by atoms with Crippen molar-refractivity contribution in [2.24, 2.45) is 5.92 Å². The Morgan fingerprint density at radius 1 is 0.976 bits per heavy atom. The highest BCUT2D eigenvalue weighted by Crippen LogP contribution is 2.39. The summed E-state index contributed by atoms with van der Waals surface area (Å²) in [6, 6.07) is 7.15. The van der Waals surface area contributed by atoms with E-state index in [-0.39, 0.29) is 23.9 Å². The fourth-order valence-corrected chi connectivity index (χ4v) is 6.08. The molecule has 1 unspecified atom stereocenters. The fourth-order valence-electron chi connectivity index (χ4n) is 6.08. The Kier molecular flexibility index (Phi) is 9.32. The minimum Gasteiger partial charge on any atom is -0.468 e. The van der Waals surface area contributed by atoms with Crippen LogP contribution in [0.4, 0.5) is 22.0 Å². The lowest BCUT2D eigenvalue weighted by molar-refractivity contribution is -0.150. The Morgan fingerprint density at radius 3 is 2.19 bits per heavy atom. The van der Waals surface area contributed by atoms with Crippen molar-refractivity contribution in [3.8, 4) is 0 Å². The largest absolute Gasteiger partial charge is 0.468 e. The van der Waals surface area contributed by atoms with Crippen LogP contribution < -0.4 is 0 Å². The Labute approximate surface area is 243 Å². The predicted molar refractivity (Wildman–Crippen MR) is 148 cm³/mol. The monoisotopic (exact) mass is 595 g/mol. The molecule has 2 aromatic rings. The Bertz CT molecular complexity index is 1280. The lowest BCUT2D eigenvalue weighted by Crippen LogP contribution is -2.59. The molecule has 2 saturated heterocycles. The molecule has 230 valence electrons. The van der Waals surface area contributed by atoms with Gasteiger partial charge in [0.1, 0.15) is 17.7 Å². The average Bonchev–Trinajstić information content (AvgIpc) is 3.36. The highest BCUT2D eigenvalue weighted by Gasteiger charge is 2.46. The molecule has 0 bridgehead atoms. The Hall–Kier alpha value is -3.05. The number of carbonyl (C=O) groups excluding carboxylic acids is 2. The van der Waals surface area contributed by atoms with Gasteiger partial charge in [0.15, 0.2) is 0 Å². The number of piperazine rings is 1. The molecule has 4 rings (SSSR count). The minimum atomic E-state index is -4.46. The van der Waals surface area contributed by atoms with Crippen molar-refractivity contribution in [2.75, 3.05) is 39.8 Å². The fraction of sp³-hybridized carbons (Fsp3) is 0.548. The zero-order valence-corrected chi connectivity index (χ0v) is 24.5. The van der Waals surface area contributed by atoms with E-state index in [2.05, 4.69) is 4.90 Å². The van der Waals surface area contributed by atoms with E-state index in [1.54, 1.807) is 4.90 Å². The lowest BCUT2D eigenvalue weighted by atomic mass is 9.87. The van der Waals surface area contributed by atoms with Crippen LogP contribution in [0.3, 0.4) is 0 Å². The first-order valence-corrected chi connectivity index (χ1v) is 14.1. The molecule has 1 amide bonds. The van der Waals surface area contributed by atoms with Gasteiger partial charge in [0.05, 0.1) is 18.6 Å². The first kappa shape index (κ1) is 31.9. The topological polar surface area (TPSA) is 53.1 Å². The van der Waals surface area contributed by atoms with Gasteiger partial charge in [-0.25, -0.2) is 8.78 Å². The number of amides is 1. The van der Waals surface area contributed by atoms with Crippen LogP contribution in [0, 0.1) is 17.6 Å². The van der Waals surface area contributed by atoms with E-state index in [0.29, 0.717) is 43.9 Å². The molecule has 6 nitrogen and oxygen atoms in total. The van der Waals surface area contributed by atoms with E-state index < -0.39 is 47.2 Å². The SMILES string of the molecule is COC(=O)[C@H](Cc1ccc(C(F)(F)F)cc1)N1CCN(C(=O)[C@@H]2CN(C(C)(C)C)C[C@H]2c2ccc(F)cc2F)C(C)C1. The number of halogens is 5. The third-order valence-electron chi connectivity index (χ3n) is 8.51. The number of hydrogen-bond acceptors (Lipinski definition) is 5. The van der Waals surface area contributed by atoms with Gasteiger partial charge in [-0.3, -0.25) is 19.4 Å². The molecule has 42 heavy (non-hydrogen) atoms. The third-order valence-corrected chi connectivity index (χ3v) is 8.51. The summed E-state index contributed by atoms with van der Waals surface area (Å²) in [4.78, 5) is 32.6. The maximum atomic E-state index is 14.9. The highest BCUT2D eigenvalue weighted by molar-refractivity contribution is 5.81. The number of rotatable bonds is 6. The first-order chi connectivity index (χ1) is 19.6. The number of benzene rings is 2. The molecule has 0 saturated carbocycles. The quantitative estimate of drug-likeness (QED) is 0.343. The molecule has 0 spiro atoms. The molecule has 4 atom stereocenters. The second-order valence-electron chi connectivity index (χ2n) is 12.3. The Morgan fingerprint density at radius 2 is 1.64 bits per heavy atom. The predicted octanol–water partition coefficient (Wildman–Crippen LogP) is 5.11. The van der Waals surface area contributed by atoms with E-state index in [0.717, 1.165) is 18.2 Å². The normalized spacial score (nSPS) is 23.2.